The number of hydrogen-bond acceptors (Lipinski definition) is 4. The third-order valence-electron chi connectivity index (χ3n) is 3.38. The van der Waals surface area contributed by atoms with Gasteiger partial charge in [0.05, 0.1) is 23.5 Å². The van der Waals surface area contributed by atoms with E-state index in [-0.39, 0.29) is 12.1 Å². The molecule has 1 aromatic carbocycles. The summed E-state index contributed by atoms with van der Waals surface area (Å²) in [6.07, 6.45) is 1.01. The van der Waals surface area contributed by atoms with Crippen molar-refractivity contribution in [3.05, 3.63) is 47.3 Å². The van der Waals surface area contributed by atoms with Crippen molar-refractivity contribution in [3.63, 3.8) is 0 Å². The van der Waals surface area contributed by atoms with E-state index in [0.29, 0.717) is 0 Å². The highest BCUT2D eigenvalue weighted by Crippen LogP contribution is 2.30. The van der Waals surface area contributed by atoms with Gasteiger partial charge in [-0.05, 0) is 32.4 Å². The van der Waals surface area contributed by atoms with E-state index in [1.165, 1.54) is 0 Å². The van der Waals surface area contributed by atoms with Gasteiger partial charge in [0.25, 0.3) is 0 Å². The van der Waals surface area contributed by atoms with Crippen LogP contribution < -0.4 is 16.0 Å². The van der Waals surface area contributed by atoms with E-state index in [4.69, 9.17) is 10.6 Å². The van der Waals surface area contributed by atoms with Crippen LogP contribution in [0.25, 0.3) is 0 Å². The predicted molar refractivity (Wildman–Crippen MR) is 84.0 cm³/mol. The van der Waals surface area contributed by atoms with Gasteiger partial charge in [0, 0.05) is 12.6 Å². The van der Waals surface area contributed by atoms with E-state index in [2.05, 4.69) is 23.5 Å². The minimum absolute atomic E-state index is 0.113. The van der Waals surface area contributed by atoms with Crippen molar-refractivity contribution in [2.24, 2.45) is 12.9 Å². The van der Waals surface area contributed by atoms with Crippen LogP contribution >= 0.6 is 0 Å². The lowest BCUT2D eigenvalue weighted by molar-refractivity contribution is 0.238. The molecule has 0 saturated heterocycles. The molecule has 21 heavy (non-hydrogen) atoms. The zero-order valence-electron chi connectivity index (χ0n) is 13.1. The average molecular weight is 288 g/mol. The van der Waals surface area contributed by atoms with Crippen LogP contribution in [0.5, 0.6) is 5.75 Å². The van der Waals surface area contributed by atoms with Crippen LogP contribution in [0, 0.1) is 0 Å². The van der Waals surface area contributed by atoms with Crippen LogP contribution in [-0.2, 0) is 13.5 Å². The second-order valence-corrected chi connectivity index (χ2v) is 5.34. The smallest absolute Gasteiger partial charge is 0.124 e. The first-order chi connectivity index (χ1) is 10.1. The van der Waals surface area contributed by atoms with Crippen LogP contribution in [0.4, 0.5) is 0 Å². The van der Waals surface area contributed by atoms with E-state index in [1.807, 2.05) is 49.8 Å². The van der Waals surface area contributed by atoms with Gasteiger partial charge >= 0.3 is 0 Å². The third kappa shape index (κ3) is 3.43. The molecule has 2 rings (SSSR count). The fourth-order valence-corrected chi connectivity index (χ4v) is 2.40. The Morgan fingerprint density at radius 2 is 2.05 bits per heavy atom. The summed E-state index contributed by atoms with van der Waals surface area (Å²) < 4.78 is 7.77. The number of aromatic nitrogens is 2. The first kappa shape index (κ1) is 15.5. The topological polar surface area (TPSA) is 65.1 Å². The highest BCUT2D eigenvalue weighted by molar-refractivity contribution is 5.40. The molecule has 1 unspecified atom stereocenters. The number of nitrogens with one attached hydrogen (secondary N) is 1. The molecule has 0 bridgehead atoms. The van der Waals surface area contributed by atoms with Crippen molar-refractivity contribution < 1.29 is 4.74 Å². The number of nitrogens with two attached hydrogens (primary N) is 1. The SMILES string of the molecule is CCc1cc(C(NN)c2ccccc2OC(C)C)n(C)n1. The summed E-state index contributed by atoms with van der Waals surface area (Å²) in [5, 5.41) is 4.49. The fraction of sp³-hybridized carbons (Fsp3) is 0.438. The van der Waals surface area contributed by atoms with E-state index in [1.54, 1.807) is 0 Å². The Balaban J connectivity index is 2.43. The van der Waals surface area contributed by atoms with Crippen LogP contribution in [0.15, 0.2) is 30.3 Å². The van der Waals surface area contributed by atoms with Gasteiger partial charge in [-0.3, -0.25) is 10.5 Å². The van der Waals surface area contributed by atoms with Crippen LogP contribution in [0.3, 0.4) is 0 Å². The molecule has 2 aromatic rings. The summed E-state index contributed by atoms with van der Waals surface area (Å²) in [5.74, 6) is 6.65. The molecule has 5 nitrogen and oxygen atoms in total. The van der Waals surface area contributed by atoms with Gasteiger partial charge in [-0.1, -0.05) is 25.1 Å². The maximum atomic E-state index is 5.90. The number of nitrogens with zero attached hydrogens (tertiary/aromatic N) is 2. The molecule has 1 aromatic heterocycles. The molecule has 0 fully saturated rings. The molecule has 0 spiro atoms. The molecule has 0 aliphatic heterocycles. The minimum Gasteiger partial charge on any atom is -0.491 e. The molecule has 3 N–H and O–H groups in total. The standard InChI is InChI=1S/C16H24N4O/c1-5-12-10-14(20(4)19-12)16(18-17)13-8-6-7-9-15(13)21-11(2)3/h6-11,16,18H,5,17H2,1-4H3. The van der Waals surface area contributed by atoms with Gasteiger partial charge in [0.1, 0.15) is 5.75 Å². The highest BCUT2D eigenvalue weighted by atomic mass is 16.5. The number of aryl methyl sites for hydroxylation is 2. The highest BCUT2D eigenvalue weighted by Gasteiger charge is 2.21. The number of hydrogen-bond donors (Lipinski definition) is 2. The van der Waals surface area contributed by atoms with Gasteiger partial charge in [0.2, 0.25) is 0 Å². The fourth-order valence-electron chi connectivity index (χ4n) is 2.40. The summed E-state index contributed by atoms with van der Waals surface area (Å²) in [4.78, 5) is 0. The second-order valence-electron chi connectivity index (χ2n) is 5.34. The summed E-state index contributed by atoms with van der Waals surface area (Å²) in [6.45, 7) is 6.12. The Bertz CT molecular complexity index is 592. The number of rotatable bonds is 6. The lowest BCUT2D eigenvalue weighted by Gasteiger charge is -2.21. The number of hydrazine groups is 1. The largest absolute Gasteiger partial charge is 0.491 e. The first-order valence-electron chi connectivity index (χ1n) is 7.31. The minimum atomic E-state index is -0.155. The van der Waals surface area contributed by atoms with E-state index < -0.39 is 0 Å². The van der Waals surface area contributed by atoms with E-state index in [9.17, 15) is 0 Å². The van der Waals surface area contributed by atoms with Gasteiger partial charge < -0.3 is 4.74 Å². The summed E-state index contributed by atoms with van der Waals surface area (Å²) in [5.41, 5.74) is 5.97. The monoisotopic (exact) mass is 288 g/mol. The summed E-state index contributed by atoms with van der Waals surface area (Å²) >= 11 is 0. The van der Waals surface area contributed by atoms with Crippen molar-refractivity contribution in [3.8, 4) is 5.75 Å². The predicted octanol–water partition coefficient (Wildman–Crippen LogP) is 2.32. The molecule has 5 heteroatoms. The number of ether oxygens (including phenoxy) is 1. The van der Waals surface area contributed by atoms with E-state index in [0.717, 1.165) is 29.1 Å². The van der Waals surface area contributed by atoms with Crippen molar-refractivity contribution in [2.45, 2.75) is 39.3 Å². The zero-order valence-corrected chi connectivity index (χ0v) is 13.1. The summed E-state index contributed by atoms with van der Waals surface area (Å²) in [6, 6.07) is 9.88. The van der Waals surface area contributed by atoms with E-state index >= 15 is 0 Å². The average Bonchev–Trinajstić information content (AvgIpc) is 2.82. The number of para-hydroxylation sites is 1. The Morgan fingerprint density at radius 3 is 2.62 bits per heavy atom. The normalized spacial score (nSPS) is 12.7. The van der Waals surface area contributed by atoms with Gasteiger partial charge in [-0.15, -0.1) is 0 Å². The molecule has 0 aliphatic rings. The molecule has 0 radical (unpaired) electrons. The number of benzene rings is 1. The van der Waals surface area contributed by atoms with Crippen LogP contribution in [0.1, 0.15) is 43.8 Å². The van der Waals surface area contributed by atoms with Gasteiger partial charge in [-0.2, -0.15) is 5.10 Å². The Kier molecular flexibility index (Phi) is 4.98. The molecule has 1 atom stereocenters. The molecule has 114 valence electrons. The Morgan fingerprint density at radius 1 is 1.33 bits per heavy atom. The van der Waals surface area contributed by atoms with Crippen molar-refractivity contribution in [1.82, 2.24) is 15.2 Å². The van der Waals surface area contributed by atoms with Crippen LogP contribution in [0.2, 0.25) is 0 Å². The molecular weight excluding hydrogens is 264 g/mol. The maximum Gasteiger partial charge on any atom is 0.124 e. The lowest BCUT2D eigenvalue weighted by Crippen LogP contribution is -2.31. The molecular formula is C16H24N4O. The maximum absolute atomic E-state index is 5.90. The van der Waals surface area contributed by atoms with Crippen LogP contribution in [-0.4, -0.2) is 15.9 Å². The quantitative estimate of drug-likeness (QED) is 0.632. The Labute approximate surface area is 126 Å². The second kappa shape index (κ2) is 6.74. The van der Waals surface area contributed by atoms with Crippen molar-refractivity contribution in [2.75, 3.05) is 0 Å². The molecule has 0 amide bonds. The van der Waals surface area contributed by atoms with Gasteiger partial charge in [0.15, 0.2) is 0 Å². The molecule has 0 saturated carbocycles. The van der Waals surface area contributed by atoms with Gasteiger partial charge in [-0.25, -0.2) is 5.43 Å². The van der Waals surface area contributed by atoms with Crippen molar-refractivity contribution >= 4 is 0 Å². The Hall–Kier alpha value is -1.85. The third-order valence-corrected chi connectivity index (χ3v) is 3.38. The summed E-state index contributed by atoms with van der Waals surface area (Å²) in [7, 11) is 1.94. The first-order valence-corrected chi connectivity index (χ1v) is 7.31. The lowest BCUT2D eigenvalue weighted by atomic mass is 10.0. The molecule has 0 aliphatic carbocycles. The zero-order chi connectivity index (χ0) is 15.4. The molecule has 1 heterocycles. The van der Waals surface area contributed by atoms with Crippen molar-refractivity contribution in [1.29, 1.82) is 0 Å².